The zero-order valence-corrected chi connectivity index (χ0v) is 16.7. The maximum Gasteiger partial charge on any atom is 0.286 e. The summed E-state index contributed by atoms with van der Waals surface area (Å²) in [6.07, 6.45) is 0.576. The Morgan fingerprint density at radius 3 is 2.52 bits per heavy atom. The molecule has 5 rings (SSSR count). The fraction of sp³-hybridized carbons (Fsp3) is 0.857. The van der Waals surface area contributed by atoms with Crippen molar-refractivity contribution in [1.82, 2.24) is 0 Å². The third kappa shape index (κ3) is 1.90. The molecule has 1 saturated heterocycles. The molecule has 150 valence electrons. The van der Waals surface area contributed by atoms with Crippen LogP contribution in [0.1, 0.15) is 60.3 Å². The van der Waals surface area contributed by atoms with Gasteiger partial charge in [-0.15, -0.1) is 0 Å². The number of hydrogen-bond acceptors (Lipinski definition) is 6. The molecule has 2 aliphatic carbocycles. The quantitative estimate of drug-likeness (QED) is 0.628. The summed E-state index contributed by atoms with van der Waals surface area (Å²) in [6, 6.07) is 0. The number of carbonyl (C=O) groups excluding carboxylic acids is 1. The van der Waals surface area contributed by atoms with Crippen LogP contribution in [0.15, 0.2) is 11.5 Å². The van der Waals surface area contributed by atoms with Gasteiger partial charge in [-0.3, -0.25) is 4.79 Å². The molecule has 0 bridgehead atoms. The molecule has 3 fully saturated rings. The van der Waals surface area contributed by atoms with Crippen LogP contribution in [0.2, 0.25) is 0 Å². The number of aliphatic hydroxyl groups excluding tert-OH is 1. The molecule has 0 radical (unpaired) electrons. The largest absolute Gasteiger partial charge is 0.462 e. The van der Waals surface area contributed by atoms with E-state index in [0.29, 0.717) is 37.2 Å². The van der Waals surface area contributed by atoms with Crippen molar-refractivity contribution >= 4 is 5.78 Å². The Bertz CT molecular complexity index is 758. The molecule has 8 atom stereocenters. The average molecular weight is 378 g/mol. The number of ether oxygens (including phenoxy) is 3. The average Bonchev–Trinajstić information content (AvgIpc) is 3.37. The van der Waals surface area contributed by atoms with E-state index in [1.807, 2.05) is 34.6 Å². The number of carbonyl (C=O) groups is 1. The smallest absolute Gasteiger partial charge is 0.286 e. The first-order valence-corrected chi connectivity index (χ1v) is 10.1. The van der Waals surface area contributed by atoms with Gasteiger partial charge in [0.1, 0.15) is 17.8 Å². The Labute approximate surface area is 159 Å². The molecule has 0 amide bonds. The van der Waals surface area contributed by atoms with Gasteiger partial charge in [-0.25, -0.2) is 0 Å². The fourth-order valence-electron chi connectivity index (χ4n) is 6.83. The van der Waals surface area contributed by atoms with Crippen molar-refractivity contribution in [2.75, 3.05) is 0 Å². The second-order valence-corrected chi connectivity index (χ2v) is 10.3. The zero-order valence-electron chi connectivity index (χ0n) is 16.7. The summed E-state index contributed by atoms with van der Waals surface area (Å²) < 4.78 is 18.0. The van der Waals surface area contributed by atoms with Gasteiger partial charge in [0, 0.05) is 23.2 Å². The van der Waals surface area contributed by atoms with Gasteiger partial charge in [0.2, 0.25) is 0 Å². The van der Waals surface area contributed by atoms with Crippen LogP contribution in [0.4, 0.5) is 0 Å². The van der Waals surface area contributed by atoms with Gasteiger partial charge >= 0.3 is 0 Å². The minimum Gasteiger partial charge on any atom is -0.462 e. The topological polar surface area (TPSA) is 88.5 Å². The number of hydrogen-bond donors (Lipinski definition) is 2. The summed E-state index contributed by atoms with van der Waals surface area (Å²) in [5.74, 6) is 0.202. The van der Waals surface area contributed by atoms with Gasteiger partial charge in [0.15, 0.2) is 5.78 Å². The third-order valence-electron chi connectivity index (χ3n) is 8.66. The molecule has 3 aliphatic heterocycles. The van der Waals surface area contributed by atoms with Crippen molar-refractivity contribution in [3.05, 3.63) is 11.5 Å². The molecule has 0 aromatic heterocycles. The number of ketones is 1. The van der Waals surface area contributed by atoms with E-state index in [1.165, 1.54) is 0 Å². The predicted molar refractivity (Wildman–Crippen MR) is 95.5 cm³/mol. The summed E-state index contributed by atoms with van der Waals surface area (Å²) in [6.45, 7) is 9.94. The van der Waals surface area contributed by atoms with Crippen LogP contribution in [-0.4, -0.2) is 51.6 Å². The Morgan fingerprint density at radius 1 is 1.11 bits per heavy atom. The molecular formula is C21H30O6. The maximum atomic E-state index is 12.7. The molecule has 0 aromatic carbocycles. The minimum absolute atomic E-state index is 0.0496. The van der Waals surface area contributed by atoms with Crippen molar-refractivity contribution in [2.24, 2.45) is 16.7 Å². The first-order valence-electron chi connectivity index (χ1n) is 10.1. The summed E-state index contributed by atoms with van der Waals surface area (Å²) in [5, 5.41) is 23.2. The first-order chi connectivity index (χ1) is 12.5. The fourth-order valence-corrected chi connectivity index (χ4v) is 6.83. The van der Waals surface area contributed by atoms with E-state index in [4.69, 9.17) is 14.2 Å². The van der Waals surface area contributed by atoms with Gasteiger partial charge in [-0.1, -0.05) is 20.8 Å². The van der Waals surface area contributed by atoms with Crippen molar-refractivity contribution in [3.8, 4) is 0 Å². The van der Waals surface area contributed by atoms with Crippen molar-refractivity contribution in [3.63, 3.8) is 0 Å². The van der Waals surface area contributed by atoms with Crippen LogP contribution in [0, 0.1) is 16.7 Å². The normalized spacial score (nSPS) is 55.4. The van der Waals surface area contributed by atoms with Crippen LogP contribution >= 0.6 is 0 Å². The van der Waals surface area contributed by atoms with Gasteiger partial charge in [0.05, 0.1) is 23.4 Å². The molecule has 2 N–H and O–H groups in total. The molecule has 0 spiro atoms. The van der Waals surface area contributed by atoms with Gasteiger partial charge in [0.25, 0.3) is 5.95 Å². The molecule has 0 unspecified atom stereocenters. The van der Waals surface area contributed by atoms with E-state index in [9.17, 15) is 15.0 Å². The second kappa shape index (κ2) is 4.89. The number of fused-ring (bicyclic) bond motifs is 4. The van der Waals surface area contributed by atoms with Crippen LogP contribution in [0.25, 0.3) is 0 Å². The van der Waals surface area contributed by atoms with Crippen LogP contribution in [0.3, 0.4) is 0 Å². The molecule has 6 nitrogen and oxygen atoms in total. The lowest BCUT2D eigenvalue weighted by Crippen LogP contribution is -2.75. The third-order valence-corrected chi connectivity index (χ3v) is 8.66. The monoisotopic (exact) mass is 378 g/mol. The summed E-state index contributed by atoms with van der Waals surface area (Å²) in [7, 11) is 0. The Morgan fingerprint density at radius 2 is 1.81 bits per heavy atom. The Hall–Kier alpha value is -1.11. The predicted octanol–water partition coefficient (Wildman–Crippen LogP) is 2.07. The highest BCUT2D eigenvalue weighted by atomic mass is 16.7. The molecular weight excluding hydrogens is 348 g/mol. The van der Waals surface area contributed by atoms with Crippen LogP contribution < -0.4 is 0 Å². The highest BCUT2D eigenvalue weighted by Gasteiger charge is 2.79. The summed E-state index contributed by atoms with van der Waals surface area (Å²) in [4.78, 5) is 12.7. The van der Waals surface area contributed by atoms with Crippen molar-refractivity contribution < 1.29 is 29.2 Å². The highest BCUT2D eigenvalue weighted by Crippen LogP contribution is 2.70. The van der Waals surface area contributed by atoms with Crippen LogP contribution in [0.5, 0.6) is 0 Å². The van der Waals surface area contributed by atoms with E-state index in [0.717, 1.165) is 0 Å². The number of epoxide rings is 1. The molecule has 0 aromatic rings. The lowest BCUT2D eigenvalue weighted by atomic mass is 9.41. The highest BCUT2D eigenvalue weighted by molar-refractivity contribution is 5.96. The van der Waals surface area contributed by atoms with E-state index in [2.05, 4.69) is 0 Å². The molecule has 6 heteroatoms. The lowest BCUT2D eigenvalue weighted by Gasteiger charge is -2.67. The number of rotatable bonds is 0. The second-order valence-electron chi connectivity index (χ2n) is 10.3. The summed E-state index contributed by atoms with van der Waals surface area (Å²) >= 11 is 0. The minimum atomic E-state index is -1.10. The SMILES string of the molecule is C[C@@H]1CC(=O)C2=C(O1)O[C@]1(C)CC[C@]3(O)C(C)(C)[C@@H]4O[C@@H]4[C@H](O)[C@]3(C)[C@@H]1C2. The standard InChI is InChI=1S/C21H30O6/c1-10-8-12(22)11-9-13-19(4,27-17(11)25-10)6-7-21(24)18(2,3)16-14(26-16)15(23)20(13,21)5/h10,13-16,23-24H,6-9H2,1-5H3/t10-,13-,14-,15+,16-,19-,20+,21+/m1/s1. The van der Waals surface area contributed by atoms with E-state index >= 15 is 0 Å². The molecule has 5 aliphatic rings. The van der Waals surface area contributed by atoms with E-state index < -0.39 is 28.1 Å². The number of Topliss-reactive ketones (excluding diaryl/α,β-unsaturated/α-hetero) is 1. The van der Waals surface area contributed by atoms with E-state index in [-0.39, 0.29) is 30.0 Å². The molecule has 3 heterocycles. The zero-order chi connectivity index (χ0) is 19.6. The Kier molecular flexibility index (Phi) is 3.25. The summed E-state index contributed by atoms with van der Waals surface area (Å²) in [5.41, 5.74) is -2.46. The van der Waals surface area contributed by atoms with Gasteiger partial charge in [-0.2, -0.15) is 0 Å². The number of allylic oxidation sites excluding steroid dienone is 1. The van der Waals surface area contributed by atoms with Gasteiger partial charge in [-0.05, 0) is 33.1 Å². The number of aliphatic hydroxyl groups is 2. The molecule has 2 saturated carbocycles. The van der Waals surface area contributed by atoms with Crippen molar-refractivity contribution in [2.45, 2.75) is 95.9 Å². The van der Waals surface area contributed by atoms with E-state index in [1.54, 1.807) is 0 Å². The lowest BCUT2D eigenvalue weighted by molar-refractivity contribution is -0.300. The first kappa shape index (κ1) is 18.0. The van der Waals surface area contributed by atoms with Crippen LogP contribution in [-0.2, 0) is 19.0 Å². The molecule has 27 heavy (non-hydrogen) atoms. The Balaban J connectivity index is 1.63. The van der Waals surface area contributed by atoms with Crippen molar-refractivity contribution in [1.29, 1.82) is 0 Å². The van der Waals surface area contributed by atoms with Gasteiger partial charge < -0.3 is 24.4 Å². The maximum absolute atomic E-state index is 12.7.